The molecule has 1 aliphatic rings. The highest BCUT2D eigenvalue weighted by Gasteiger charge is 2.31. The SMILES string of the molecule is O=C1CC(C(=O)Oc2ccc(NC(=O)c3ccccc3Cl)cc2)c2ccccc2N1. The van der Waals surface area contributed by atoms with E-state index in [1.165, 1.54) is 0 Å². The first-order valence-corrected chi connectivity index (χ1v) is 9.65. The average molecular weight is 421 g/mol. The Bertz CT molecular complexity index is 1130. The highest BCUT2D eigenvalue weighted by molar-refractivity contribution is 6.34. The zero-order chi connectivity index (χ0) is 21.1. The molecule has 6 nitrogen and oxygen atoms in total. The molecule has 1 atom stereocenters. The smallest absolute Gasteiger partial charge is 0.319 e. The Kier molecular flexibility index (Phi) is 5.50. The molecule has 4 rings (SSSR count). The summed E-state index contributed by atoms with van der Waals surface area (Å²) in [5, 5.41) is 5.86. The molecule has 0 radical (unpaired) electrons. The molecule has 0 aromatic heterocycles. The summed E-state index contributed by atoms with van der Waals surface area (Å²) in [6, 6.07) is 20.3. The van der Waals surface area contributed by atoms with E-state index in [1.807, 2.05) is 6.07 Å². The number of para-hydroxylation sites is 1. The van der Waals surface area contributed by atoms with Crippen LogP contribution in [-0.4, -0.2) is 17.8 Å². The van der Waals surface area contributed by atoms with Crippen molar-refractivity contribution in [2.24, 2.45) is 0 Å². The molecule has 0 spiro atoms. The van der Waals surface area contributed by atoms with Crippen molar-refractivity contribution in [3.05, 3.63) is 88.9 Å². The maximum absolute atomic E-state index is 12.7. The van der Waals surface area contributed by atoms with Crippen LogP contribution in [0, 0.1) is 0 Å². The zero-order valence-corrected chi connectivity index (χ0v) is 16.5. The number of rotatable bonds is 4. The summed E-state index contributed by atoms with van der Waals surface area (Å²) in [6.45, 7) is 0. The Balaban J connectivity index is 1.44. The summed E-state index contributed by atoms with van der Waals surface area (Å²) in [4.78, 5) is 36.9. The number of anilines is 2. The predicted molar refractivity (Wildman–Crippen MR) is 114 cm³/mol. The third-order valence-corrected chi connectivity index (χ3v) is 5.06. The fourth-order valence-corrected chi connectivity index (χ4v) is 3.48. The van der Waals surface area contributed by atoms with Gasteiger partial charge in [0, 0.05) is 17.8 Å². The summed E-state index contributed by atoms with van der Waals surface area (Å²) in [6.07, 6.45) is 0.0296. The van der Waals surface area contributed by atoms with Gasteiger partial charge in [-0.05, 0) is 48.0 Å². The minimum atomic E-state index is -0.672. The number of halogens is 1. The number of carbonyl (C=O) groups excluding carboxylic acids is 3. The van der Waals surface area contributed by atoms with Crippen LogP contribution in [0.4, 0.5) is 11.4 Å². The van der Waals surface area contributed by atoms with Crippen LogP contribution in [0.2, 0.25) is 5.02 Å². The molecule has 0 aliphatic carbocycles. The topological polar surface area (TPSA) is 84.5 Å². The van der Waals surface area contributed by atoms with Gasteiger partial charge < -0.3 is 15.4 Å². The standard InChI is InChI=1S/C23H17ClN2O4/c24-19-7-3-1-6-17(19)22(28)25-14-9-11-15(12-10-14)30-23(29)18-13-21(27)26-20-8-4-2-5-16(18)20/h1-12,18H,13H2,(H,25,28)(H,26,27). The van der Waals surface area contributed by atoms with Crippen molar-refractivity contribution in [1.29, 1.82) is 0 Å². The summed E-state index contributed by atoms with van der Waals surface area (Å²) in [7, 11) is 0. The summed E-state index contributed by atoms with van der Waals surface area (Å²) in [5.74, 6) is -1.43. The second-order valence-corrected chi connectivity index (χ2v) is 7.18. The number of esters is 1. The van der Waals surface area contributed by atoms with Crippen LogP contribution in [0.5, 0.6) is 5.75 Å². The molecule has 3 aromatic carbocycles. The number of hydrogen-bond acceptors (Lipinski definition) is 4. The lowest BCUT2D eigenvalue weighted by Crippen LogP contribution is -2.29. The Hall–Kier alpha value is -3.64. The van der Waals surface area contributed by atoms with Gasteiger partial charge in [-0.2, -0.15) is 0 Å². The maximum Gasteiger partial charge on any atom is 0.319 e. The van der Waals surface area contributed by atoms with Gasteiger partial charge in [0.25, 0.3) is 5.91 Å². The highest BCUT2D eigenvalue weighted by atomic mass is 35.5. The number of nitrogens with one attached hydrogen (secondary N) is 2. The fourth-order valence-electron chi connectivity index (χ4n) is 3.26. The number of benzene rings is 3. The molecule has 2 amide bonds. The predicted octanol–water partition coefficient (Wildman–Crippen LogP) is 4.62. The summed E-state index contributed by atoms with van der Waals surface area (Å²) < 4.78 is 5.47. The molecule has 0 saturated heterocycles. The van der Waals surface area contributed by atoms with Crippen molar-refractivity contribution in [1.82, 2.24) is 0 Å². The van der Waals surface area contributed by atoms with Crippen LogP contribution in [0.15, 0.2) is 72.8 Å². The van der Waals surface area contributed by atoms with Gasteiger partial charge in [-0.1, -0.05) is 41.9 Å². The van der Waals surface area contributed by atoms with E-state index in [4.69, 9.17) is 16.3 Å². The van der Waals surface area contributed by atoms with Gasteiger partial charge in [0.15, 0.2) is 0 Å². The van der Waals surface area contributed by atoms with E-state index in [9.17, 15) is 14.4 Å². The zero-order valence-electron chi connectivity index (χ0n) is 15.7. The van der Waals surface area contributed by atoms with Crippen LogP contribution in [0.25, 0.3) is 0 Å². The Morgan fingerprint density at radius 1 is 0.967 bits per heavy atom. The van der Waals surface area contributed by atoms with Gasteiger partial charge in [-0.25, -0.2) is 0 Å². The molecule has 30 heavy (non-hydrogen) atoms. The van der Waals surface area contributed by atoms with Crippen LogP contribution in [0.1, 0.15) is 28.3 Å². The first-order valence-electron chi connectivity index (χ1n) is 9.27. The van der Waals surface area contributed by atoms with Crippen LogP contribution in [0.3, 0.4) is 0 Å². The number of carbonyl (C=O) groups is 3. The molecule has 1 heterocycles. The molecule has 3 aromatic rings. The van der Waals surface area contributed by atoms with Crippen molar-refractivity contribution in [3.63, 3.8) is 0 Å². The number of ether oxygens (including phenoxy) is 1. The van der Waals surface area contributed by atoms with Gasteiger partial charge in [0.05, 0.1) is 16.5 Å². The van der Waals surface area contributed by atoms with Crippen molar-refractivity contribution in [2.45, 2.75) is 12.3 Å². The third-order valence-electron chi connectivity index (χ3n) is 4.73. The molecular weight excluding hydrogens is 404 g/mol. The largest absolute Gasteiger partial charge is 0.426 e. The molecule has 150 valence electrons. The lowest BCUT2D eigenvalue weighted by atomic mass is 9.91. The maximum atomic E-state index is 12.7. The minimum absolute atomic E-state index is 0.0296. The Morgan fingerprint density at radius 2 is 1.67 bits per heavy atom. The minimum Gasteiger partial charge on any atom is -0.426 e. The Labute approximate surface area is 177 Å². The molecule has 1 aliphatic heterocycles. The lowest BCUT2D eigenvalue weighted by molar-refractivity contribution is -0.138. The van der Waals surface area contributed by atoms with Gasteiger partial charge in [-0.3, -0.25) is 14.4 Å². The fraction of sp³-hybridized carbons (Fsp3) is 0.0870. The first-order chi connectivity index (χ1) is 14.5. The van der Waals surface area contributed by atoms with E-state index in [-0.39, 0.29) is 18.2 Å². The number of hydrogen-bond donors (Lipinski definition) is 2. The van der Waals surface area contributed by atoms with E-state index in [2.05, 4.69) is 10.6 Å². The third kappa shape index (κ3) is 4.18. The molecule has 7 heteroatoms. The van der Waals surface area contributed by atoms with Crippen LogP contribution >= 0.6 is 11.6 Å². The van der Waals surface area contributed by atoms with E-state index in [1.54, 1.807) is 66.7 Å². The van der Waals surface area contributed by atoms with Gasteiger partial charge in [-0.15, -0.1) is 0 Å². The van der Waals surface area contributed by atoms with Gasteiger partial charge >= 0.3 is 5.97 Å². The second kappa shape index (κ2) is 8.39. The monoisotopic (exact) mass is 420 g/mol. The van der Waals surface area contributed by atoms with Crippen molar-refractivity contribution in [2.75, 3.05) is 10.6 Å². The van der Waals surface area contributed by atoms with Crippen molar-refractivity contribution in [3.8, 4) is 5.75 Å². The van der Waals surface area contributed by atoms with Crippen molar-refractivity contribution < 1.29 is 19.1 Å². The van der Waals surface area contributed by atoms with E-state index in [0.29, 0.717) is 27.7 Å². The number of amides is 2. The van der Waals surface area contributed by atoms with Crippen molar-refractivity contribution >= 4 is 40.8 Å². The quantitative estimate of drug-likeness (QED) is 0.476. The Morgan fingerprint density at radius 3 is 2.43 bits per heavy atom. The lowest BCUT2D eigenvalue weighted by Gasteiger charge is -2.24. The van der Waals surface area contributed by atoms with Crippen LogP contribution < -0.4 is 15.4 Å². The first kappa shape index (κ1) is 19.7. The summed E-state index contributed by atoms with van der Waals surface area (Å²) >= 11 is 6.04. The molecular formula is C23H17ClN2O4. The van der Waals surface area contributed by atoms with E-state index < -0.39 is 11.9 Å². The van der Waals surface area contributed by atoms with Gasteiger partial charge in [0.2, 0.25) is 5.91 Å². The number of fused-ring (bicyclic) bond motifs is 1. The van der Waals surface area contributed by atoms with E-state index >= 15 is 0 Å². The highest BCUT2D eigenvalue weighted by Crippen LogP contribution is 2.33. The molecule has 1 unspecified atom stereocenters. The molecule has 0 saturated carbocycles. The second-order valence-electron chi connectivity index (χ2n) is 6.77. The molecule has 0 fully saturated rings. The average Bonchev–Trinajstić information content (AvgIpc) is 2.74. The van der Waals surface area contributed by atoms with Gasteiger partial charge in [0.1, 0.15) is 5.75 Å². The molecule has 0 bridgehead atoms. The van der Waals surface area contributed by atoms with Crippen LogP contribution in [-0.2, 0) is 9.59 Å². The normalized spacial score (nSPS) is 15.0. The molecule has 2 N–H and O–H groups in total. The van der Waals surface area contributed by atoms with E-state index in [0.717, 1.165) is 5.56 Å². The summed E-state index contributed by atoms with van der Waals surface area (Å²) in [5.41, 5.74) is 2.24.